The lowest BCUT2D eigenvalue weighted by Crippen LogP contribution is -2.40. The average molecular weight is 348 g/mol. The molecule has 1 aromatic rings. The molecule has 0 saturated carbocycles. The van der Waals surface area contributed by atoms with Crippen molar-refractivity contribution in [2.75, 3.05) is 13.7 Å². The van der Waals surface area contributed by atoms with E-state index in [1.807, 2.05) is 52.0 Å². The van der Waals surface area contributed by atoms with Gasteiger partial charge >= 0.3 is 6.09 Å². The van der Waals surface area contributed by atoms with Crippen molar-refractivity contribution in [1.82, 2.24) is 10.6 Å². The van der Waals surface area contributed by atoms with Gasteiger partial charge in [0.15, 0.2) is 0 Å². The maximum Gasteiger partial charge on any atom is 0.407 e. The Morgan fingerprint density at radius 1 is 1.40 bits per heavy atom. The van der Waals surface area contributed by atoms with Gasteiger partial charge in [-0.1, -0.05) is 12.1 Å². The highest BCUT2D eigenvalue weighted by molar-refractivity contribution is 5.67. The molecule has 2 N–H and O–H groups in total. The molecule has 0 aromatic heterocycles. The fourth-order valence-corrected chi connectivity index (χ4v) is 2.11. The number of carbonyl (C=O) groups is 1. The van der Waals surface area contributed by atoms with E-state index in [1.54, 1.807) is 7.11 Å². The minimum absolute atomic E-state index is 0.181. The number of rotatable bonds is 8. The van der Waals surface area contributed by atoms with Gasteiger partial charge in [-0.15, -0.1) is 0 Å². The van der Waals surface area contributed by atoms with Gasteiger partial charge in [-0.25, -0.2) is 4.79 Å². The second-order valence-electron chi connectivity index (χ2n) is 6.50. The first kappa shape index (κ1) is 20.6. The summed E-state index contributed by atoms with van der Waals surface area (Å²) in [5.41, 5.74) is 0.417. The van der Waals surface area contributed by atoms with E-state index in [4.69, 9.17) is 9.47 Å². The van der Waals surface area contributed by atoms with Gasteiger partial charge in [-0.2, -0.15) is 0 Å². The topological polar surface area (TPSA) is 84.3 Å². The van der Waals surface area contributed by atoms with Gasteiger partial charge in [0.25, 0.3) is 0 Å². The van der Waals surface area contributed by atoms with Crippen LogP contribution >= 0.6 is 0 Å². The molecule has 0 aliphatic heterocycles. The summed E-state index contributed by atoms with van der Waals surface area (Å²) in [6, 6.07) is 7.45. The van der Waals surface area contributed by atoms with Crippen LogP contribution in [0.5, 0.6) is 5.75 Å². The van der Waals surface area contributed by atoms with Crippen LogP contribution in [0.15, 0.2) is 34.3 Å². The number of hydrogen-bond donors (Lipinski definition) is 2. The Bertz CT molecular complexity index is 596. The Morgan fingerprint density at radius 2 is 2.12 bits per heavy atom. The third-order valence-electron chi connectivity index (χ3n) is 3.16. The van der Waals surface area contributed by atoms with Crippen molar-refractivity contribution in [3.8, 4) is 5.75 Å². The van der Waals surface area contributed by atoms with Crippen molar-refractivity contribution in [1.29, 1.82) is 0 Å². The highest BCUT2D eigenvalue weighted by Crippen LogP contribution is 2.19. The van der Waals surface area contributed by atoms with Crippen LogP contribution in [0.3, 0.4) is 0 Å². The molecule has 138 valence electrons. The number of methoxy groups -OCH3 is 1. The summed E-state index contributed by atoms with van der Waals surface area (Å²) in [7, 11) is 1.61. The Morgan fingerprint density at radius 3 is 2.72 bits per heavy atom. The number of carbonyl (C=O) groups excluding carboxylic acids is 1. The van der Waals surface area contributed by atoms with E-state index < -0.39 is 11.7 Å². The maximum absolute atomic E-state index is 11.9. The molecule has 1 rings (SSSR count). The van der Waals surface area contributed by atoms with Crippen LogP contribution in [0.4, 0.5) is 4.79 Å². The quantitative estimate of drug-likeness (QED) is 0.559. The molecular formula is C18H28N4O3. The highest BCUT2D eigenvalue weighted by Gasteiger charge is 2.19. The van der Waals surface area contributed by atoms with Crippen LogP contribution in [0.2, 0.25) is 0 Å². The second kappa shape index (κ2) is 9.78. The second-order valence-corrected chi connectivity index (χ2v) is 6.50. The largest absolute Gasteiger partial charge is 0.497 e. The van der Waals surface area contributed by atoms with Gasteiger partial charge < -0.3 is 14.8 Å². The number of hydrogen-bond acceptors (Lipinski definition) is 5. The van der Waals surface area contributed by atoms with Crippen LogP contribution < -0.4 is 15.4 Å². The molecule has 1 aromatic carbocycles. The first-order valence-corrected chi connectivity index (χ1v) is 8.09. The lowest BCUT2D eigenvalue weighted by Gasteiger charge is -2.24. The molecule has 0 heterocycles. The van der Waals surface area contributed by atoms with Crippen molar-refractivity contribution in [3.63, 3.8) is 0 Å². The summed E-state index contributed by atoms with van der Waals surface area (Å²) in [5, 5.41) is 6.11. The fourth-order valence-electron chi connectivity index (χ4n) is 2.11. The molecule has 0 aliphatic rings. The number of benzene rings is 1. The number of nitrogens with one attached hydrogen (secondary N) is 2. The molecular weight excluding hydrogens is 320 g/mol. The highest BCUT2D eigenvalue weighted by atomic mass is 16.6. The molecule has 1 amide bonds. The molecule has 0 bridgehead atoms. The van der Waals surface area contributed by atoms with Gasteiger partial charge in [0.2, 0.25) is 0 Å². The standard InChI is InChI=1S/C18H28N4O3/c1-13(21-12-19-5)22-16(11-20-17(23)25-18(2,3)4)14-8-7-9-15(10-14)24-6/h7-10,12-13,16,22H,5,11H2,1-4,6H3,(H,20,23)/b21-12-. The van der Waals surface area contributed by atoms with Gasteiger partial charge in [-0.05, 0) is 52.1 Å². The van der Waals surface area contributed by atoms with E-state index in [-0.39, 0.29) is 12.2 Å². The van der Waals surface area contributed by atoms with Crippen LogP contribution in [-0.4, -0.2) is 44.6 Å². The van der Waals surface area contributed by atoms with E-state index in [0.717, 1.165) is 11.3 Å². The van der Waals surface area contributed by atoms with Gasteiger partial charge in [-0.3, -0.25) is 15.3 Å². The van der Waals surface area contributed by atoms with Crippen LogP contribution in [0.1, 0.15) is 39.3 Å². The monoisotopic (exact) mass is 348 g/mol. The molecule has 0 fully saturated rings. The smallest absolute Gasteiger partial charge is 0.407 e. The van der Waals surface area contributed by atoms with E-state index in [2.05, 4.69) is 27.3 Å². The zero-order valence-electron chi connectivity index (χ0n) is 15.6. The van der Waals surface area contributed by atoms with Gasteiger partial charge in [0.1, 0.15) is 17.7 Å². The van der Waals surface area contributed by atoms with E-state index in [9.17, 15) is 4.79 Å². The lowest BCUT2D eigenvalue weighted by atomic mass is 10.1. The third kappa shape index (κ3) is 8.30. The summed E-state index contributed by atoms with van der Waals surface area (Å²) >= 11 is 0. The zero-order valence-corrected chi connectivity index (χ0v) is 15.6. The van der Waals surface area contributed by atoms with Crippen molar-refractivity contribution in [2.24, 2.45) is 9.98 Å². The molecule has 0 spiro atoms. The Kier molecular flexibility index (Phi) is 8.07. The maximum atomic E-state index is 11.9. The van der Waals surface area contributed by atoms with Crippen molar-refractivity contribution < 1.29 is 14.3 Å². The normalized spacial score (nSPS) is 14.0. The van der Waals surface area contributed by atoms with Crippen molar-refractivity contribution in [3.05, 3.63) is 29.8 Å². The summed E-state index contributed by atoms with van der Waals surface area (Å²) in [6.07, 6.45) is 0.718. The van der Waals surface area contributed by atoms with Crippen molar-refractivity contribution >= 4 is 19.1 Å². The van der Waals surface area contributed by atoms with Crippen LogP contribution in [0, 0.1) is 0 Å². The lowest BCUT2D eigenvalue weighted by molar-refractivity contribution is 0.0521. The Labute approximate surface area is 149 Å². The summed E-state index contributed by atoms with van der Waals surface area (Å²) in [4.78, 5) is 19.7. The van der Waals surface area contributed by atoms with Gasteiger partial charge in [0.05, 0.1) is 19.3 Å². The molecule has 2 atom stereocenters. The summed E-state index contributed by atoms with van der Waals surface area (Å²) in [5.74, 6) is 0.741. The predicted octanol–water partition coefficient (Wildman–Crippen LogP) is 2.93. The summed E-state index contributed by atoms with van der Waals surface area (Å²) < 4.78 is 10.6. The molecule has 0 radical (unpaired) electrons. The number of aliphatic imine (C=N–C) groups is 2. The third-order valence-corrected chi connectivity index (χ3v) is 3.16. The minimum Gasteiger partial charge on any atom is -0.497 e. The SMILES string of the molecule is C=N/C=N\C(C)NC(CNC(=O)OC(C)(C)C)c1cccc(OC)c1. The predicted molar refractivity (Wildman–Crippen MR) is 101 cm³/mol. The zero-order chi connectivity index (χ0) is 18.9. The van der Waals surface area contributed by atoms with E-state index >= 15 is 0 Å². The molecule has 25 heavy (non-hydrogen) atoms. The Hall–Kier alpha value is -2.41. The molecule has 2 unspecified atom stereocenters. The van der Waals surface area contributed by atoms with E-state index in [0.29, 0.717) is 6.54 Å². The number of ether oxygens (including phenoxy) is 2. The first-order chi connectivity index (χ1) is 11.7. The molecule has 7 heteroatoms. The number of alkyl carbamates (subject to hydrolysis) is 1. The van der Waals surface area contributed by atoms with Crippen molar-refractivity contribution in [2.45, 2.75) is 45.5 Å². The molecule has 7 nitrogen and oxygen atoms in total. The fraction of sp³-hybridized carbons (Fsp3) is 0.500. The molecule has 0 saturated heterocycles. The van der Waals surface area contributed by atoms with Crippen LogP contribution in [-0.2, 0) is 4.74 Å². The van der Waals surface area contributed by atoms with E-state index in [1.165, 1.54) is 6.34 Å². The summed E-state index contributed by atoms with van der Waals surface area (Å²) in [6.45, 7) is 11.1. The molecule has 0 aliphatic carbocycles. The average Bonchev–Trinajstić information content (AvgIpc) is 2.55. The minimum atomic E-state index is -0.545. The Balaban J connectivity index is 2.85. The van der Waals surface area contributed by atoms with Crippen LogP contribution in [0.25, 0.3) is 0 Å². The first-order valence-electron chi connectivity index (χ1n) is 8.09. The van der Waals surface area contributed by atoms with Gasteiger partial charge in [0, 0.05) is 6.54 Å². The number of nitrogens with zero attached hydrogens (tertiary/aromatic N) is 2. The number of amides is 1.